The van der Waals surface area contributed by atoms with Gasteiger partial charge in [0.25, 0.3) is 0 Å². The van der Waals surface area contributed by atoms with Crippen molar-refractivity contribution in [1.82, 2.24) is 14.6 Å². The average Bonchev–Trinajstić information content (AvgIpc) is 2.42. The van der Waals surface area contributed by atoms with Crippen LogP contribution in [0.1, 0.15) is 31.2 Å². The second-order valence-corrected chi connectivity index (χ2v) is 3.58. The number of aromatic nitrogens is 3. The molecule has 0 aliphatic carbocycles. The zero-order valence-electron chi connectivity index (χ0n) is 8.15. The molecule has 0 saturated heterocycles. The fourth-order valence-corrected chi connectivity index (χ4v) is 1.37. The van der Waals surface area contributed by atoms with Crippen molar-refractivity contribution < 1.29 is 0 Å². The van der Waals surface area contributed by atoms with Crippen molar-refractivity contribution in [2.75, 3.05) is 0 Å². The summed E-state index contributed by atoms with van der Waals surface area (Å²) in [6.45, 7) is 6.26. The largest absolute Gasteiger partial charge is 0.221 e. The van der Waals surface area contributed by atoms with Crippen molar-refractivity contribution >= 4 is 5.65 Å². The summed E-state index contributed by atoms with van der Waals surface area (Å²) in [5.41, 5.74) is 2.24. The summed E-state index contributed by atoms with van der Waals surface area (Å²) in [6.07, 6.45) is 1.96. The van der Waals surface area contributed by atoms with E-state index in [0.29, 0.717) is 5.92 Å². The van der Waals surface area contributed by atoms with Crippen LogP contribution in [0.5, 0.6) is 0 Å². The third-order valence-electron chi connectivity index (χ3n) is 2.13. The molecule has 0 aliphatic heterocycles. The number of rotatable bonds is 1. The van der Waals surface area contributed by atoms with Gasteiger partial charge in [-0.1, -0.05) is 13.8 Å². The minimum atomic E-state index is 0.544. The van der Waals surface area contributed by atoms with Crippen molar-refractivity contribution in [2.45, 2.75) is 26.7 Å². The van der Waals surface area contributed by atoms with E-state index in [2.05, 4.69) is 36.1 Å². The van der Waals surface area contributed by atoms with Crippen LogP contribution in [0.25, 0.3) is 5.65 Å². The summed E-state index contributed by atoms with van der Waals surface area (Å²) in [4.78, 5) is 4.31. The van der Waals surface area contributed by atoms with Crippen LogP contribution in [-0.4, -0.2) is 14.6 Å². The van der Waals surface area contributed by atoms with Gasteiger partial charge < -0.3 is 0 Å². The van der Waals surface area contributed by atoms with Crippen LogP contribution in [-0.2, 0) is 0 Å². The molecule has 0 atom stereocenters. The quantitative estimate of drug-likeness (QED) is 0.664. The third kappa shape index (κ3) is 1.41. The highest BCUT2D eigenvalue weighted by Gasteiger charge is 2.02. The fourth-order valence-electron chi connectivity index (χ4n) is 1.37. The normalized spacial score (nSPS) is 11.4. The predicted octanol–water partition coefficient (Wildman–Crippen LogP) is 2.16. The topological polar surface area (TPSA) is 30.2 Å². The summed E-state index contributed by atoms with van der Waals surface area (Å²) in [5.74, 6) is 1.36. The summed E-state index contributed by atoms with van der Waals surface area (Å²) in [7, 11) is 0. The highest BCUT2D eigenvalue weighted by Crippen LogP contribution is 2.15. The first kappa shape index (κ1) is 8.23. The first-order chi connectivity index (χ1) is 6.16. The number of hydrogen-bond acceptors (Lipinski definition) is 2. The molecule has 2 heterocycles. The maximum atomic E-state index is 4.31. The van der Waals surface area contributed by atoms with Crippen molar-refractivity contribution in [3.63, 3.8) is 0 Å². The van der Waals surface area contributed by atoms with E-state index in [0.717, 1.165) is 11.5 Å². The highest BCUT2D eigenvalue weighted by atomic mass is 15.3. The van der Waals surface area contributed by atoms with Crippen LogP contribution in [0, 0.1) is 6.92 Å². The molecule has 0 saturated carbocycles. The molecule has 68 valence electrons. The van der Waals surface area contributed by atoms with Gasteiger partial charge in [0.1, 0.15) is 5.82 Å². The molecule has 2 aromatic rings. The van der Waals surface area contributed by atoms with Gasteiger partial charge >= 0.3 is 0 Å². The second-order valence-electron chi connectivity index (χ2n) is 3.58. The van der Waals surface area contributed by atoms with Gasteiger partial charge in [-0.25, -0.2) is 9.50 Å². The average molecular weight is 175 g/mol. The predicted molar refractivity (Wildman–Crippen MR) is 51.8 cm³/mol. The van der Waals surface area contributed by atoms with Crippen molar-refractivity contribution in [3.05, 3.63) is 29.7 Å². The molecule has 3 nitrogen and oxygen atoms in total. The Labute approximate surface area is 77.4 Å². The Kier molecular flexibility index (Phi) is 1.79. The molecule has 0 aliphatic rings. The minimum Gasteiger partial charge on any atom is -0.221 e. The Hall–Kier alpha value is -1.38. The molecule has 0 radical (unpaired) electrons. The lowest BCUT2D eigenvalue weighted by atomic mass is 10.1. The van der Waals surface area contributed by atoms with Crippen LogP contribution < -0.4 is 0 Å². The van der Waals surface area contributed by atoms with E-state index in [1.807, 2.05) is 13.1 Å². The van der Waals surface area contributed by atoms with E-state index in [1.165, 1.54) is 5.56 Å². The van der Waals surface area contributed by atoms with Gasteiger partial charge in [-0.3, -0.25) is 0 Å². The first-order valence-electron chi connectivity index (χ1n) is 4.50. The second kappa shape index (κ2) is 2.83. The molecule has 2 rings (SSSR count). The van der Waals surface area contributed by atoms with E-state index in [-0.39, 0.29) is 0 Å². The summed E-state index contributed by atoms with van der Waals surface area (Å²) in [5, 5.41) is 4.22. The molecule has 0 fully saturated rings. The number of fused-ring (bicyclic) bond motifs is 1. The molecule has 0 N–H and O–H groups in total. The molecule has 0 unspecified atom stereocenters. The Balaban J connectivity index is 2.61. The van der Waals surface area contributed by atoms with Crippen LogP contribution >= 0.6 is 0 Å². The van der Waals surface area contributed by atoms with Crippen molar-refractivity contribution in [1.29, 1.82) is 0 Å². The van der Waals surface area contributed by atoms with Crippen LogP contribution in [0.15, 0.2) is 18.3 Å². The smallest absolute Gasteiger partial charge is 0.155 e. The standard InChI is InChI=1S/C10H13N3/c1-7(2)9-4-5-13-10(6-9)11-8(3)12-13/h4-7H,1-3H3. The fraction of sp³-hybridized carbons (Fsp3) is 0.400. The zero-order chi connectivity index (χ0) is 9.42. The molecule has 13 heavy (non-hydrogen) atoms. The molecule has 3 heteroatoms. The Bertz CT molecular complexity index is 429. The molecule has 0 aromatic carbocycles. The monoisotopic (exact) mass is 175 g/mol. The lowest BCUT2D eigenvalue weighted by Gasteiger charge is -2.03. The minimum absolute atomic E-state index is 0.544. The molecule has 2 aromatic heterocycles. The lowest BCUT2D eigenvalue weighted by molar-refractivity contribution is 0.853. The van der Waals surface area contributed by atoms with E-state index >= 15 is 0 Å². The Morgan fingerprint density at radius 2 is 2.15 bits per heavy atom. The van der Waals surface area contributed by atoms with Crippen molar-refractivity contribution in [2.24, 2.45) is 0 Å². The van der Waals surface area contributed by atoms with Gasteiger partial charge in [-0.2, -0.15) is 5.10 Å². The Morgan fingerprint density at radius 3 is 2.85 bits per heavy atom. The summed E-state index contributed by atoms with van der Waals surface area (Å²) < 4.78 is 1.81. The maximum Gasteiger partial charge on any atom is 0.155 e. The SMILES string of the molecule is Cc1nc2cc(C(C)C)ccn2n1. The van der Waals surface area contributed by atoms with Gasteiger partial charge in [0.15, 0.2) is 5.65 Å². The maximum absolute atomic E-state index is 4.31. The third-order valence-corrected chi connectivity index (χ3v) is 2.13. The van der Waals surface area contributed by atoms with Gasteiger partial charge in [0, 0.05) is 6.20 Å². The van der Waals surface area contributed by atoms with Crippen LogP contribution in [0.4, 0.5) is 0 Å². The molecular weight excluding hydrogens is 162 g/mol. The van der Waals surface area contributed by atoms with E-state index in [1.54, 1.807) is 4.52 Å². The van der Waals surface area contributed by atoms with Crippen molar-refractivity contribution in [3.8, 4) is 0 Å². The summed E-state index contributed by atoms with van der Waals surface area (Å²) >= 11 is 0. The van der Waals surface area contributed by atoms with Gasteiger partial charge in [-0.05, 0) is 30.5 Å². The number of hydrogen-bond donors (Lipinski definition) is 0. The summed E-state index contributed by atoms with van der Waals surface area (Å²) in [6, 6.07) is 4.18. The molecule has 0 amide bonds. The molecule has 0 spiro atoms. The van der Waals surface area contributed by atoms with E-state index in [9.17, 15) is 0 Å². The molecular formula is C10H13N3. The number of pyridine rings is 1. The lowest BCUT2D eigenvalue weighted by Crippen LogP contribution is -1.91. The van der Waals surface area contributed by atoms with Gasteiger partial charge in [0.05, 0.1) is 0 Å². The van der Waals surface area contributed by atoms with Crippen LogP contribution in [0.3, 0.4) is 0 Å². The van der Waals surface area contributed by atoms with Crippen LogP contribution in [0.2, 0.25) is 0 Å². The van der Waals surface area contributed by atoms with E-state index in [4.69, 9.17) is 0 Å². The Morgan fingerprint density at radius 1 is 1.38 bits per heavy atom. The zero-order valence-corrected chi connectivity index (χ0v) is 8.15. The van der Waals surface area contributed by atoms with Gasteiger partial charge in [0.2, 0.25) is 0 Å². The number of aryl methyl sites for hydroxylation is 1. The molecule has 0 bridgehead atoms. The number of nitrogens with zero attached hydrogens (tertiary/aromatic N) is 3. The van der Waals surface area contributed by atoms with E-state index < -0.39 is 0 Å². The first-order valence-corrected chi connectivity index (χ1v) is 4.50. The highest BCUT2D eigenvalue weighted by molar-refractivity contribution is 5.41. The van der Waals surface area contributed by atoms with Gasteiger partial charge in [-0.15, -0.1) is 0 Å².